The lowest BCUT2D eigenvalue weighted by molar-refractivity contribution is -0.163. The van der Waals surface area contributed by atoms with Crippen LogP contribution >= 0.6 is 11.8 Å². The number of carbonyl (C=O) groups excluding carboxylic acids is 3. The topological polar surface area (TPSA) is 76.2 Å². The highest BCUT2D eigenvalue weighted by molar-refractivity contribution is 7.98. The van der Waals surface area contributed by atoms with Crippen LogP contribution in [-0.2, 0) is 23.9 Å². The van der Waals surface area contributed by atoms with Gasteiger partial charge >= 0.3 is 5.97 Å². The van der Waals surface area contributed by atoms with Gasteiger partial charge in [-0.1, -0.05) is 6.07 Å². The molecule has 0 spiro atoms. The summed E-state index contributed by atoms with van der Waals surface area (Å²) < 4.78 is 10.6. The molecule has 2 amide bonds. The van der Waals surface area contributed by atoms with Crippen LogP contribution in [0.5, 0.6) is 0 Å². The third-order valence-electron chi connectivity index (χ3n) is 4.79. The summed E-state index contributed by atoms with van der Waals surface area (Å²) in [4.78, 5) is 41.6. The lowest BCUT2D eigenvalue weighted by Crippen LogP contribution is -2.46. The van der Waals surface area contributed by atoms with E-state index in [2.05, 4.69) is 0 Å². The number of carbonyl (C=O) groups is 3. The number of esters is 1. The molecule has 0 bridgehead atoms. The highest BCUT2D eigenvalue weighted by Gasteiger charge is 2.38. The molecular weight excluding hydrogens is 368 g/mol. The largest absolute Gasteiger partial charge is 0.452 e. The third-order valence-corrected chi connectivity index (χ3v) is 5.51. The van der Waals surface area contributed by atoms with Crippen LogP contribution in [0.4, 0.5) is 5.69 Å². The fourth-order valence-electron chi connectivity index (χ4n) is 3.26. The van der Waals surface area contributed by atoms with Crippen molar-refractivity contribution >= 4 is 35.2 Å². The average molecular weight is 392 g/mol. The van der Waals surface area contributed by atoms with Crippen molar-refractivity contribution in [2.24, 2.45) is 5.92 Å². The molecule has 2 fully saturated rings. The van der Waals surface area contributed by atoms with E-state index >= 15 is 0 Å². The predicted octanol–water partition coefficient (Wildman–Crippen LogP) is 1.55. The number of benzene rings is 1. The quantitative estimate of drug-likeness (QED) is 0.559. The molecule has 8 heteroatoms. The Bertz CT molecular complexity index is 720. The summed E-state index contributed by atoms with van der Waals surface area (Å²) in [6.07, 6.45) is 1.21. The fraction of sp³-hybridized carbons (Fsp3) is 0.526. The standard InChI is InChI=1S/C19H24N2O5S/c1-13(18(23)20-6-8-25-9-7-20)26-19(24)14-10-17(22)21(12-14)15-4-3-5-16(11-15)27-2/h3-5,11,13-14H,6-10,12H2,1-2H3/t13-,14-/m0/s1. The molecule has 2 atom stereocenters. The van der Waals surface area contributed by atoms with Crippen LogP contribution < -0.4 is 4.90 Å². The van der Waals surface area contributed by atoms with Gasteiger partial charge in [0.05, 0.1) is 19.1 Å². The average Bonchev–Trinajstić information content (AvgIpc) is 3.10. The zero-order valence-corrected chi connectivity index (χ0v) is 16.4. The molecule has 0 aliphatic carbocycles. The second-order valence-electron chi connectivity index (χ2n) is 6.62. The van der Waals surface area contributed by atoms with Crippen molar-refractivity contribution < 1.29 is 23.9 Å². The van der Waals surface area contributed by atoms with Gasteiger partial charge in [0.25, 0.3) is 5.91 Å². The first-order valence-corrected chi connectivity index (χ1v) is 10.2. The van der Waals surface area contributed by atoms with Gasteiger partial charge in [-0.3, -0.25) is 14.4 Å². The molecule has 0 N–H and O–H groups in total. The Balaban J connectivity index is 1.59. The maximum atomic E-state index is 12.5. The molecule has 7 nitrogen and oxygen atoms in total. The van der Waals surface area contributed by atoms with E-state index in [9.17, 15) is 14.4 Å². The minimum absolute atomic E-state index is 0.0980. The Morgan fingerprint density at radius 1 is 1.30 bits per heavy atom. The normalized spacial score (nSPS) is 21.3. The molecule has 2 saturated heterocycles. The van der Waals surface area contributed by atoms with Gasteiger partial charge in [-0.05, 0) is 31.4 Å². The van der Waals surface area contributed by atoms with E-state index in [0.29, 0.717) is 26.3 Å². The van der Waals surface area contributed by atoms with Crippen molar-refractivity contribution in [3.63, 3.8) is 0 Å². The molecule has 27 heavy (non-hydrogen) atoms. The molecule has 2 aliphatic rings. The summed E-state index contributed by atoms with van der Waals surface area (Å²) in [6.45, 7) is 3.84. The van der Waals surface area contributed by atoms with Crippen LogP contribution in [0.15, 0.2) is 29.2 Å². The Kier molecular flexibility index (Phi) is 6.38. The molecule has 0 unspecified atom stereocenters. The SMILES string of the molecule is CSc1cccc(N2C[C@@H](C(=O)O[C@@H](C)C(=O)N3CCOCC3)CC2=O)c1. The Morgan fingerprint density at radius 3 is 2.74 bits per heavy atom. The van der Waals surface area contributed by atoms with Crippen LogP contribution in [0.3, 0.4) is 0 Å². The first-order chi connectivity index (χ1) is 13.0. The number of hydrogen-bond acceptors (Lipinski definition) is 6. The molecular formula is C19H24N2O5S. The van der Waals surface area contributed by atoms with Gasteiger partial charge in [0, 0.05) is 36.6 Å². The number of ether oxygens (including phenoxy) is 2. The number of thioether (sulfide) groups is 1. The van der Waals surface area contributed by atoms with Gasteiger partial charge in [-0.2, -0.15) is 0 Å². The first kappa shape index (κ1) is 19.7. The summed E-state index contributed by atoms with van der Waals surface area (Å²) in [5.74, 6) is -1.39. The van der Waals surface area contributed by atoms with Crippen molar-refractivity contribution in [2.75, 3.05) is 44.0 Å². The summed E-state index contributed by atoms with van der Waals surface area (Å²) in [6, 6.07) is 7.65. The molecule has 146 valence electrons. The number of rotatable bonds is 5. The Morgan fingerprint density at radius 2 is 2.04 bits per heavy atom. The van der Waals surface area contributed by atoms with Crippen LogP contribution in [0, 0.1) is 5.92 Å². The van der Waals surface area contributed by atoms with E-state index in [-0.39, 0.29) is 24.8 Å². The van der Waals surface area contributed by atoms with Gasteiger partial charge in [-0.15, -0.1) is 11.8 Å². The minimum Gasteiger partial charge on any atom is -0.452 e. The molecule has 0 radical (unpaired) electrons. The first-order valence-electron chi connectivity index (χ1n) is 9.01. The Labute approximate surface area is 163 Å². The van der Waals surface area contributed by atoms with Crippen molar-refractivity contribution in [2.45, 2.75) is 24.3 Å². The van der Waals surface area contributed by atoms with E-state index in [1.807, 2.05) is 30.5 Å². The number of morpholine rings is 1. The number of anilines is 1. The summed E-state index contributed by atoms with van der Waals surface area (Å²) in [5.41, 5.74) is 0.777. The molecule has 2 heterocycles. The number of amides is 2. The molecule has 3 rings (SSSR count). The summed E-state index contributed by atoms with van der Waals surface area (Å²) in [7, 11) is 0. The zero-order chi connectivity index (χ0) is 19.4. The van der Waals surface area contributed by atoms with Gasteiger partial charge in [-0.25, -0.2) is 0 Å². The summed E-state index contributed by atoms with van der Waals surface area (Å²) in [5, 5.41) is 0. The second-order valence-corrected chi connectivity index (χ2v) is 7.50. The van der Waals surface area contributed by atoms with Crippen molar-refractivity contribution in [3.05, 3.63) is 24.3 Å². The molecule has 2 aliphatic heterocycles. The second kappa shape index (κ2) is 8.75. The lowest BCUT2D eigenvalue weighted by Gasteiger charge is -2.29. The lowest BCUT2D eigenvalue weighted by atomic mass is 10.1. The van der Waals surface area contributed by atoms with Crippen LogP contribution in [0.25, 0.3) is 0 Å². The van der Waals surface area contributed by atoms with Crippen molar-refractivity contribution in [3.8, 4) is 0 Å². The minimum atomic E-state index is -0.862. The van der Waals surface area contributed by atoms with Crippen LogP contribution in [0.1, 0.15) is 13.3 Å². The highest BCUT2D eigenvalue weighted by atomic mass is 32.2. The maximum Gasteiger partial charge on any atom is 0.312 e. The highest BCUT2D eigenvalue weighted by Crippen LogP contribution is 2.29. The van der Waals surface area contributed by atoms with Gasteiger partial charge < -0.3 is 19.3 Å². The van der Waals surface area contributed by atoms with Crippen molar-refractivity contribution in [1.29, 1.82) is 0 Å². The Hall–Kier alpha value is -2.06. The van der Waals surface area contributed by atoms with Crippen LogP contribution in [0.2, 0.25) is 0 Å². The molecule has 0 saturated carbocycles. The van der Waals surface area contributed by atoms with E-state index < -0.39 is 18.0 Å². The molecule has 1 aromatic carbocycles. The predicted molar refractivity (Wildman–Crippen MR) is 102 cm³/mol. The fourth-order valence-corrected chi connectivity index (χ4v) is 3.71. The smallest absolute Gasteiger partial charge is 0.312 e. The third kappa shape index (κ3) is 4.62. The molecule has 0 aromatic heterocycles. The zero-order valence-electron chi connectivity index (χ0n) is 15.6. The van der Waals surface area contributed by atoms with E-state index in [0.717, 1.165) is 10.6 Å². The van der Waals surface area contributed by atoms with E-state index in [4.69, 9.17) is 9.47 Å². The van der Waals surface area contributed by atoms with Gasteiger partial charge in [0.15, 0.2) is 6.10 Å². The van der Waals surface area contributed by atoms with Gasteiger partial charge in [0.2, 0.25) is 5.91 Å². The monoisotopic (exact) mass is 392 g/mol. The maximum absolute atomic E-state index is 12.5. The number of nitrogens with zero attached hydrogens (tertiary/aromatic N) is 2. The van der Waals surface area contributed by atoms with Gasteiger partial charge in [0.1, 0.15) is 0 Å². The number of hydrogen-bond donors (Lipinski definition) is 0. The molecule has 1 aromatic rings. The van der Waals surface area contributed by atoms with E-state index in [1.165, 1.54) is 0 Å². The van der Waals surface area contributed by atoms with Crippen molar-refractivity contribution in [1.82, 2.24) is 4.90 Å². The summed E-state index contributed by atoms with van der Waals surface area (Å²) >= 11 is 1.59. The van der Waals surface area contributed by atoms with Crippen LogP contribution in [-0.4, -0.2) is 67.9 Å². The van der Waals surface area contributed by atoms with E-state index in [1.54, 1.807) is 28.5 Å².